The Morgan fingerprint density at radius 3 is 2.42 bits per heavy atom. The highest BCUT2D eigenvalue weighted by Crippen LogP contribution is 2.13. The van der Waals surface area contributed by atoms with Gasteiger partial charge in [-0.3, -0.25) is 4.79 Å². The van der Waals surface area contributed by atoms with Crippen LogP contribution >= 0.6 is 0 Å². The number of allylic oxidation sites excluding steroid dienone is 2. The highest BCUT2D eigenvalue weighted by molar-refractivity contribution is 5.66. The van der Waals surface area contributed by atoms with E-state index in [0.29, 0.717) is 12.3 Å². The van der Waals surface area contributed by atoms with Gasteiger partial charge in [0.15, 0.2) is 0 Å². The van der Waals surface area contributed by atoms with Gasteiger partial charge in [-0.2, -0.15) is 0 Å². The molecule has 0 bridgehead atoms. The lowest BCUT2D eigenvalue weighted by molar-refractivity contribution is -0.137. The fraction of sp³-hybridized carbons (Fsp3) is 0.824. The van der Waals surface area contributed by atoms with Gasteiger partial charge in [0, 0.05) is 6.42 Å². The van der Waals surface area contributed by atoms with E-state index < -0.39 is 5.97 Å². The first-order valence-electron chi connectivity index (χ1n) is 8.05. The Balaban J connectivity index is 3.28. The van der Waals surface area contributed by atoms with E-state index >= 15 is 0 Å². The molecule has 0 fully saturated rings. The van der Waals surface area contributed by atoms with Crippen LogP contribution in [0.4, 0.5) is 0 Å². The molecule has 0 amide bonds. The first-order valence-corrected chi connectivity index (χ1v) is 8.05. The van der Waals surface area contributed by atoms with Gasteiger partial charge in [0.25, 0.3) is 0 Å². The number of carboxylic acid groups (broad SMARTS) is 1. The minimum absolute atomic E-state index is 0.330. The van der Waals surface area contributed by atoms with Crippen molar-refractivity contribution in [3.8, 4) is 0 Å². The van der Waals surface area contributed by atoms with E-state index in [1.54, 1.807) is 0 Å². The van der Waals surface area contributed by atoms with Gasteiger partial charge < -0.3 is 5.11 Å². The summed E-state index contributed by atoms with van der Waals surface area (Å²) in [5, 5.41) is 8.52. The molecule has 0 aliphatic carbocycles. The zero-order valence-electron chi connectivity index (χ0n) is 12.9. The summed E-state index contributed by atoms with van der Waals surface area (Å²) in [7, 11) is 0. The number of carbonyl (C=O) groups is 1. The monoisotopic (exact) mass is 268 g/mol. The smallest absolute Gasteiger partial charge is 0.303 e. The van der Waals surface area contributed by atoms with E-state index in [1.807, 2.05) is 0 Å². The van der Waals surface area contributed by atoms with Crippen LogP contribution in [0.1, 0.15) is 84.5 Å². The summed E-state index contributed by atoms with van der Waals surface area (Å²) in [5.41, 5.74) is 0. The number of hydrogen-bond donors (Lipinski definition) is 1. The van der Waals surface area contributed by atoms with Crippen LogP contribution in [0.5, 0.6) is 0 Å². The third-order valence-electron chi connectivity index (χ3n) is 3.49. The second-order valence-corrected chi connectivity index (χ2v) is 5.60. The van der Waals surface area contributed by atoms with Crippen LogP contribution in [0.3, 0.4) is 0 Å². The standard InChI is InChI=1S/C17H32O2/c1-3-4-5-7-10-13-16(2)14-11-8-6-9-12-15-17(18)19/h10,13,16H,3-9,11-12,14-15H2,1-2H3,(H,18,19)/b13-10+/t16-/m1/s1. The van der Waals surface area contributed by atoms with Gasteiger partial charge >= 0.3 is 5.97 Å². The van der Waals surface area contributed by atoms with Gasteiger partial charge in [-0.25, -0.2) is 0 Å². The quantitative estimate of drug-likeness (QED) is 0.350. The fourth-order valence-electron chi connectivity index (χ4n) is 2.21. The summed E-state index contributed by atoms with van der Waals surface area (Å²) in [6.07, 6.45) is 17.1. The summed E-state index contributed by atoms with van der Waals surface area (Å²) in [4.78, 5) is 10.3. The number of aliphatic carboxylic acids is 1. The molecule has 0 saturated heterocycles. The molecule has 0 aliphatic heterocycles. The second-order valence-electron chi connectivity index (χ2n) is 5.60. The molecule has 1 atom stereocenters. The Bertz CT molecular complexity index is 233. The third-order valence-corrected chi connectivity index (χ3v) is 3.49. The molecule has 0 spiro atoms. The van der Waals surface area contributed by atoms with Crippen molar-refractivity contribution in [3.05, 3.63) is 12.2 Å². The molecule has 0 rings (SSSR count). The molecule has 0 radical (unpaired) electrons. The Hall–Kier alpha value is -0.790. The van der Waals surface area contributed by atoms with Crippen molar-refractivity contribution in [2.24, 2.45) is 5.92 Å². The zero-order valence-corrected chi connectivity index (χ0v) is 12.9. The van der Waals surface area contributed by atoms with Crippen molar-refractivity contribution in [3.63, 3.8) is 0 Å². The van der Waals surface area contributed by atoms with E-state index in [-0.39, 0.29) is 0 Å². The number of carboxylic acids is 1. The van der Waals surface area contributed by atoms with Crippen LogP contribution in [0.15, 0.2) is 12.2 Å². The summed E-state index contributed by atoms with van der Waals surface area (Å²) in [6, 6.07) is 0. The molecular weight excluding hydrogens is 236 g/mol. The summed E-state index contributed by atoms with van der Waals surface area (Å²) in [5.74, 6) is 0.0301. The molecule has 0 heterocycles. The van der Waals surface area contributed by atoms with E-state index in [2.05, 4.69) is 26.0 Å². The van der Waals surface area contributed by atoms with Gasteiger partial charge in [-0.05, 0) is 31.6 Å². The largest absolute Gasteiger partial charge is 0.481 e. The highest BCUT2D eigenvalue weighted by atomic mass is 16.4. The van der Waals surface area contributed by atoms with Crippen molar-refractivity contribution in [2.45, 2.75) is 84.5 Å². The van der Waals surface area contributed by atoms with Crippen molar-refractivity contribution in [1.82, 2.24) is 0 Å². The molecule has 0 aromatic heterocycles. The molecule has 1 N–H and O–H groups in total. The van der Waals surface area contributed by atoms with Gasteiger partial charge in [0.1, 0.15) is 0 Å². The maximum absolute atomic E-state index is 10.3. The number of unbranched alkanes of at least 4 members (excludes halogenated alkanes) is 7. The van der Waals surface area contributed by atoms with E-state index in [9.17, 15) is 4.79 Å². The third kappa shape index (κ3) is 15.2. The predicted octanol–water partition coefficient (Wildman–Crippen LogP) is 5.57. The van der Waals surface area contributed by atoms with Gasteiger partial charge in [-0.15, -0.1) is 0 Å². The van der Waals surface area contributed by atoms with Crippen LogP contribution in [-0.4, -0.2) is 11.1 Å². The molecule has 112 valence electrons. The lowest BCUT2D eigenvalue weighted by atomic mass is 10.0. The molecule has 19 heavy (non-hydrogen) atoms. The summed E-state index contributed by atoms with van der Waals surface area (Å²) < 4.78 is 0. The summed E-state index contributed by atoms with van der Waals surface area (Å²) >= 11 is 0. The highest BCUT2D eigenvalue weighted by Gasteiger charge is 1.99. The van der Waals surface area contributed by atoms with E-state index in [4.69, 9.17) is 5.11 Å². The lowest BCUT2D eigenvalue weighted by Crippen LogP contribution is -1.94. The van der Waals surface area contributed by atoms with Crippen LogP contribution in [-0.2, 0) is 4.79 Å². The molecule has 0 unspecified atom stereocenters. The van der Waals surface area contributed by atoms with E-state index in [1.165, 1.54) is 51.4 Å². The first kappa shape index (κ1) is 18.2. The van der Waals surface area contributed by atoms with Gasteiger partial charge in [0.05, 0.1) is 0 Å². The topological polar surface area (TPSA) is 37.3 Å². The Morgan fingerprint density at radius 2 is 1.74 bits per heavy atom. The maximum Gasteiger partial charge on any atom is 0.303 e. The average Bonchev–Trinajstić information content (AvgIpc) is 2.37. The van der Waals surface area contributed by atoms with Crippen molar-refractivity contribution in [2.75, 3.05) is 0 Å². The van der Waals surface area contributed by atoms with Gasteiger partial charge in [0.2, 0.25) is 0 Å². The predicted molar refractivity (Wildman–Crippen MR) is 82.4 cm³/mol. The Labute approximate surface area is 119 Å². The minimum atomic E-state index is -0.665. The summed E-state index contributed by atoms with van der Waals surface area (Å²) in [6.45, 7) is 4.53. The molecule has 0 saturated carbocycles. The van der Waals surface area contributed by atoms with Crippen LogP contribution in [0.25, 0.3) is 0 Å². The molecule has 0 aliphatic rings. The Kier molecular flexibility index (Phi) is 13.1. The fourth-order valence-corrected chi connectivity index (χ4v) is 2.21. The van der Waals surface area contributed by atoms with E-state index in [0.717, 1.165) is 12.8 Å². The lowest BCUT2D eigenvalue weighted by Gasteiger charge is -2.06. The SMILES string of the molecule is CCCCC/C=C/[C@@H](C)CCCCCCCC(=O)O. The Morgan fingerprint density at radius 1 is 1.05 bits per heavy atom. The van der Waals surface area contributed by atoms with Crippen LogP contribution in [0, 0.1) is 5.92 Å². The minimum Gasteiger partial charge on any atom is -0.481 e. The zero-order chi connectivity index (χ0) is 14.3. The van der Waals surface area contributed by atoms with Crippen LogP contribution in [0.2, 0.25) is 0 Å². The van der Waals surface area contributed by atoms with Crippen molar-refractivity contribution >= 4 is 5.97 Å². The second kappa shape index (κ2) is 13.6. The maximum atomic E-state index is 10.3. The number of hydrogen-bond acceptors (Lipinski definition) is 1. The van der Waals surface area contributed by atoms with Crippen LogP contribution < -0.4 is 0 Å². The molecule has 0 aromatic rings. The van der Waals surface area contributed by atoms with Crippen molar-refractivity contribution in [1.29, 1.82) is 0 Å². The van der Waals surface area contributed by atoms with Crippen molar-refractivity contribution < 1.29 is 9.90 Å². The average molecular weight is 268 g/mol. The molecule has 2 heteroatoms. The normalized spacial score (nSPS) is 12.9. The molecular formula is C17H32O2. The number of rotatable bonds is 13. The molecule has 0 aromatic carbocycles. The first-order chi connectivity index (χ1) is 9.16. The molecule has 2 nitrogen and oxygen atoms in total. The van der Waals surface area contributed by atoms with Gasteiger partial charge in [-0.1, -0.05) is 64.5 Å².